The van der Waals surface area contributed by atoms with Gasteiger partial charge in [-0.1, -0.05) is 127 Å². The fourth-order valence-electron chi connectivity index (χ4n) is 10.2. The molecule has 16 heteroatoms. The number of carbonyl (C=O) groups excluding carboxylic acids is 6. The molecule has 0 bridgehead atoms. The molecule has 5 aromatic rings. The lowest BCUT2D eigenvalue weighted by Gasteiger charge is -2.19. The van der Waals surface area contributed by atoms with Crippen molar-refractivity contribution in [1.82, 2.24) is 9.13 Å². The molecule has 3 aromatic carbocycles. The Morgan fingerprint density at radius 2 is 0.700 bits per heavy atom. The first kappa shape index (κ1) is 64.0. The van der Waals surface area contributed by atoms with Gasteiger partial charge in [0.2, 0.25) is 0 Å². The molecule has 5 rings (SSSR count). The second-order valence-electron chi connectivity index (χ2n) is 22.9. The van der Waals surface area contributed by atoms with Crippen molar-refractivity contribution in [3.05, 3.63) is 83.2 Å². The lowest BCUT2D eigenvalue weighted by atomic mass is 10.1. The zero-order valence-corrected chi connectivity index (χ0v) is 49.1. The van der Waals surface area contributed by atoms with E-state index in [0.29, 0.717) is 60.0 Å². The number of carbonyl (C=O) groups is 6. The summed E-state index contributed by atoms with van der Waals surface area (Å²) < 4.78 is 38.9. The van der Waals surface area contributed by atoms with Gasteiger partial charge in [0.05, 0.1) is 46.1 Å². The number of ether oxygens (including phenoxy) is 6. The molecule has 0 aliphatic rings. The van der Waals surface area contributed by atoms with Crippen molar-refractivity contribution in [3.63, 3.8) is 0 Å². The molecule has 2 heterocycles. The number of esters is 2. The monoisotopic (exact) mass is 1110 g/mol. The van der Waals surface area contributed by atoms with Gasteiger partial charge < -0.3 is 49.0 Å². The van der Waals surface area contributed by atoms with Gasteiger partial charge in [0.1, 0.15) is 22.7 Å². The minimum absolute atomic E-state index is 0.212. The minimum atomic E-state index is -1.04. The van der Waals surface area contributed by atoms with Crippen LogP contribution in [-0.2, 0) is 41.7 Å². The number of unbranched alkanes of at least 4 members (excludes halogenated alkanes) is 18. The van der Waals surface area contributed by atoms with Crippen LogP contribution in [0, 0.1) is 13.8 Å². The molecule has 0 atom stereocenters. The number of aromatic nitrogens is 2. The van der Waals surface area contributed by atoms with E-state index in [2.05, 4.69) is 0 Å². The molecule has 0 unspecified atom stereocenters. The highest BCUT2D eigenvalue weighted by molar-refractivity contribution is 6.45. The Labute approximate surface area is 473 Å². The number of hydrogen-bond donors (Lipinski definition) is 2. The number of Topliss-reactive ketones (excluding diaryl/α,β-unsaturated/α-hetero) is 2. The highest BCUT2D eigenvalue weighted by Gasteiger charge is 2.29. The van der Waals surface area contributed by atoms with Crippen LogP contribution >= 0.6 is 0 Å². The quantitative estimate of drug-likeness (QED) is 0.0163. The van der Waals surface area contributed by atoms with Crippen LogP contribution in [0.2, 0.25) is 0 Å². The predicted octanol–water partition coefficient (Wildman–Crippen LogP) is 12.9. The Hall–Kier alpha value is -6.84. The van der Waals surface area contributed by atoms with Gasteiger partial charge in [-0.05, 0) is 117 Å². The van der Waals surface area contributed by atoms with Crippen LogP contribution in [0.5, 0.6) is 23.0 Å². The number of benzene rings is 3. The zero-order valence-electron chi connectivity index (χ0n) is 49.1. The first-order chi connectivity index (χ1) is 38.2. The summed E-state index contributed by atoms with van der Waals surface area (Å²) in [6.45, 7) is 16.3. The number of fused-ring (bicyclic) bond motifs is 2. The second-order valence-corrected chi connectivity index (χ2v) is 22.9. The standard InChI is InChI=1S/C64H90N4O12/c1-45-55(59(71)61(65)73)57-47(33-31-37-51(57)77-43-53(69)79-63(3,4)5)67(45)39-27-21-17-13-9-11-15-19-23-29-41-75-49-35-25-26-36-50(49)76-42-30-24-20-16-12-10-14-18-22-28-40-68-46(2)56(60(72)62(66)74)58-48(68)34-32-38-52(58)78-44-54(70)80-64(6,7)8/h25-26,31-38H,9-24,27-30,39-44H2,1-8H3,(H2,65,73)(H2,66,74). The molecule has 0 aliphatic carbocycles. The van der Waals surface area contributed by atoms with Crippen molar-refractivity contribution in [2.24, 2.45) is 11.5 Å². The maximum atomic E-state index is 13.0. The van der Waals surface area contributed by atoms with Gasteiger partial charge in [-0.15, -0.1) is 0 Å². The molecule has 80 heavy (non-hydrogen) atoms. The van der Waals surface area contributed by atoms with E-state index in [1.807, 2.05) is 71.5 Å². The third-order valence-corrected chi connectivity index (χ3v) is 14.0. The maximum absolute atomic E-state index is 13.0. The van der Waals surface area contributed by atoms with Crippen molar-refractivity contribution in [2.75, 3.05) is 26.4 Å². The fraction of sp³-hybridized carbons (Fsp3) is 0.562. The molecule has 2 aromatic heterocycles. The minimum Gasteiger partial charge on any atom is -0.490 e. The van der Waals surface area contributed by atoms with Crippen LogP contribution in [0.3, 0.4) is 0 Å². The molecular formula is C64H90N4O12. The summed E-state index contributed by atoms with van der Waals surface area (Å²) in [7, 11) is 0. The number of rotatable bonds is 38. The third-order valence-electron chi connectivity index (χ3n) is 14.0. The molecule has 0 radical (unpaired) electrons. The second kappa shape index (κ2) is 31.8. The van der Waals surface area contributed by atoms with E-state index in [1.54, 1.807) is 53.7 Å². The highest BCUT2D eigenvalue weighted by atomic mass is 16.6. The molecule has 0 saturated heterocycles. The molecule has 0 fully saturated rings. The average molecular weight is 1110 g/mol. The van der Waals surface area contributed by atoms with E-state index < -0.39 is 46.5 Å². The van der Waals surface area contributed by atoms with Crippen LogP contribution in [0.25, 0.3) is 21.8 Å². The number of para-hydroxylation sites is 2. The first-order valence-corrected chi connectivity index (χ1v) is 29.1. The number of aryl methyl sites for hydroxylation is 2. The summed E-state index contributed by atoms with van der Waals surface area (Å²) >= 11 is 0. The van der Waals surface area contributed by atoms with Crippen molar-refractivity contribution in [2.45, 2.75) is 208 Å². The summed E-state index contributed by atoms with van der Waals surface area (Å²) in [6.07, 6.45) is 22.2. The van der Waals surface area contributed by atoms with Crippen molar-refractivity contribution < 1.29 is 57.2 Å². The van der Waals surface area contributed by atoms with Gasteiger partial charge in [-0.3, -0.25) is 19.2 Å². The van der Waals surface area contributed by atoms with E-state index >= 15 is 0 Å². The van der Waals surface area contributed by atoms with Crippen LogP contribution in [0.15, 0.2) is 60.7 Å². The Morgan fingerprint density at radius 3 is 1.01 bits per heavy atom. The summed E-state index contributed by atoms with van der Waals surface area (Å²) in [4.78, 5) is 75.0. The van der Waals surface area contributed by atoms with E-state index in [9.17, 15) is 28.8 Å². The Morgan fingerprint density at radius 1 is 0.400 bits per heavy atom. The maximum Gasteiger partial charge on any atom is 0.344 e. The Kier molecular flexibility index (Phi) is 25.5. The third kappa shape index (κ3) is 20.1. The first-order valence-electron chi connectivity index (χ1n) is 29.1. The zero-order chi connectivity index (χ0) is 58.2. The van der Waals surface area contributed by atoms with Crippen LogP contribution in [-0.4, -0.2) is 82.1 Å². The van der Waals surface area contributed by atoms with E-state index in [4.69, 9.17) is 39.9 Å². The van der Waals surface area contributed by atoms with Crippen LogP contribution in [0.4, 0.5) is 0 Å². The van der Waals surface area contributed by atoms with Crippen molar-refractivity contribution >= 4 is 57.1 Å². The molecule has 0 saturated carbocycles. The molecule has 4 N–H and O–H groups in total. The molecule has 0 aliphatic heterocycles. The lowest BCUT2D eigenvalue weighted by Crippen LogP contribution is -2.27. The highest BCUT2D eigenvalue weighted by Crippen LogP contribution is 2.37. The van der Waals surface area contributed by atoms with Crippen LogP contribution < -0.4 is 30.4 Å². The summed E-state index contributed by atoms with van der Waals surface area (Å²) in [5.74, 6) is -2.45. The number of nitrogens with zero attached hydrogens (tertiary/aromatic N) is 2. The Bertz CT molecular complexity index is 2660. The van der Waals surface area contributed by atoms with Gasteiger partial charge in [-0.2, -0.15) is 0 Å². The largest absolute Gasteiger partial charge is 0.490 e. The van der Waals surface area contributed by atoms with Crippen LogP contribution in [0.1, 0.15) is 202 Å². The number of nitrogens with two attached hydrogens (primary N) is 2. The van der Waals surface area contributed by atoms with E-state index in [0.717, 1.165) is 99.6 Å². The van der Waals surface area contributed by atoms with Gasteiger partial charge in [0.25, 0.3) is 23.4 Å². The molecule has 438 valence electrons. The van der Waals surface area contributed by atoms with E-state index in [1.165, 1.54) is 51.4 Å². The van der Waals surface area contributed by atoms with Gasteiger partial charge in [0, 0.05) is 24.5 Å². The van der Waals surface area contributed by atoms with Gasteiger partial charge in [0.15, 0.2) is 24.7 Å². The SMILES string of the molecule is Cc1c(C(=O)C(N)=O)c2c(OCC(=O)OC(C)(C)C)cccc2n1CCCCCCCCCCCCOc1ccccc1OCCCCCCCCCCCCn1c(C)c(C(=O)C(N)=O)c2c(OCC(=O)OC(C)(C)C)cccc21. The number of ketones is 2. The summed E-state index contributed by atoms with van der Waals surface area (Å²) in [6, 6.07) is 18.7. The number of amides is 2. The fourth-order valence-corrected chi connectivity index (χ4v) is 10.2. The van der Waals surface area contributed by atoms with E-state index in [-0.39, 0.29) is 24.3 Å². The lowest BCUT2D eigenvalue weighted by molar-refractivity contribution is -0.158. The Balaban J connectivity index is 0.886. The summed E-state index contributed by atoms with van der Waals surface area (Å²) in [5.41, 5.74) is 12.8. The number of primary amides is 2. The average Bonchev–Trinajstić information content (AvgIpc) is 4.12. The number of hydrogen-bond acceptors (Lipinski definition) is 12. The predicted molar refractivity (Wildman–Crippen MR) is 313 cm³/mol. The molecular weight excluding hydrogens is 1020 g/mol. The molecule has 2 amide bonds. The van der Waals surface area contributed by atoms with Gasteiger partial charge >= 0.3 is 11.9 Å². The molecule has 16 nitrogen and oxygen atoms in total. The summed E-state index contributed by atoms with van der Waals surface area (Å²) in [5, 5.41) is 0.962. The van der Waals surface area contributed by atoms with Crippen molar-refractivity contribution in [3.8, 4) is 23.0 Å². The van der Waals surface area contributed by atoms with Gasteiger partial charge in [-0.25, -0.2) is 9.59 Å². The smallest absolute Gasteiger partial charge is 0.344 e. The topological polar surface area (TPSA) is 220 Å². The normalized spacial score (nSPS) is 11.7. The van der Waals surface area contributed by atoms with Crippen molar-refractivity contribution in [1.29, 1.82) is 0 Å². The molecule has 0 spiro atoms.